The topological polar surface area (TPSA) is 32.3 Å². The maximum Gasteiger partial charge on any atom is 0.463 e. The number of carbonyl (C=O) groups is 1. The summed E-state index contributed by atoms with van der Waals surface area (Å²) in [7, 11) is 3.27. The van der Waals surface area contributed by atoms with E-state index in [1.807, 2.05) is 0 Å². The van der Waals surface area contributed by atoms with E-state index in [2.05, 4.69) is 0 Å². The summed E-state index contributed by atoms with van der Waals surface area (Å²) in [6.45, 7) is -0.335. The number of hydrogen-bond acceptors (Lipinski definition) is 3. The van der Waals surface area contributed by atoms with E-state index in [0.717, 1.165) is 4.88 Å². The fourth-order valence-corrected chi connectivity index (χ4v) is 2.37. The predicted octanol–water partition coefficient (Wildman–Crippen LogP) is 2.66. The average molecular weight is 316 g/mol. The van der Waals surface area contributed by atoms with Crippen LogP contribution in [0.1, 0.15) is 10.9 Å². The number of rotatable bonds is 5. The van der Waals surface area contributed by atoms with Crippen molar-refractivity contribution in [3.8, 4) is 0 Å². The Balaban J connectivity index is 2.72. The van der Waals surface area contributed by atoms with Crippen LogP contribution in [0.15, 0.2) is 17.5 Å². The van der Waals surface area contributed by atoms with Gasteiger partial charge in [-0.05, 0) is 25.5 Å². The number of likely N-dealkylation sites (N-methyl/N-ethyl adjacent to an activating group) is 1. The quantitative estimate of drug-likeness (QED) is 0.847. The standard InChI is InChI=1S/C11H13F5N2OS/c1-18(2)7(8-4-3-5-20-8)6-17-9(19)10(12,13)11(14,15)16/h3-5,7H,6H2,1-2H3,(H,17,19). The zero-order valence-electron chi connectivity index (χ0n) is 10.7. The van der Waals surface area contributed by atoms with E-state index in [0.29, 0.717) is 0 Å². The minimum Gasteiger partial charge on any atom is -0.349 e. The Morgan fingerprint density at radius 1 is 1.35 bits per heavy atom. The lowest BCUT2D eigenvalue weighted by Crippen LogP contribution is -2.51. The molecule has 0 aliphatic heterocycles. The summed E-state index contributed by atoms with van der Waals surface area (Å²) < 4.78 is 61.6. The number of nitrogens with one attached hydrogen (secondary N) is 1. The largest absolute Gasteiger partial charge is 0.463 e. The van der Waals surface area contributed by atoms with Gasteiger partial charge in [-0.1, -0.05) is 6.07 Å². The Labute approximate surface area is 116 Å². The lowest BCUT2D eigenvalue weighted by molar-refractivity contribution is -0.269. The highest BCUT2D eigenvalue weighted by Gasteiger charge is 2.63. The first-order chi connectivity index (χ1) is 9.07. The SMILES string of the molecule is CN(C)C(CNC(=O)C(F)(F)C(F)(F)F)c1cccs1. The van der Waals surface area contributed by atoms with Crippen molar-refractivity contribution in [3.05, 3.63) is 22.4 Å². The summed E-state index contributed by atoms with van der Waals surface area (Å²) in [5.41, 5.74) is 0. The van der Waals surface area contributed by atoms with Crippen LogP contribution in [0.25, 0.3) is 0 Å². The molecule has 1 aromatic heterocycles. The fourth-order valence-electron chi connectivity index (χ4n) is 1.45. The van der Waals surface area contributed by atoms with Crippen LogP contribution in [0.2, 0.25) is 0 Å². The van der Waals surface area contributed by atoms with Crippen LogP contribution in [0.4, 0.5) is 22.0 Å². The number of amides is 1. The number of halogens is 5. The van der Waals surface area contributed by atoms with Gasteiger partial charge < -0.3 is 10.2 Å². The van der Waals surface area contributed by atoms with E-state index in [1.165, 1.54) is 11.3 Å². The Bertz CT molecular complexity index is 444. The minimum absolute atomic E-state index is 0.335. The number of nitrogens with zero attached hydrogens (tertiary/aromatic N) is 1. The van der Waals surface area contributed by atoms with Crippen molar-refractivity contribution < 1.29 is 26.7 Å². The highest BCUT2D eigenvalue weighted by Crippen LogP contribution is 2.35. The molecule has 1 heterocycles. The molecule has 0 aliphatic rings. The van der Waals surface area contributed by atoms with Crippen LogP contribution < -0.4 is 5.32 Å². The highest BCUT2D eigenvalue weighted by molar-refractivity contribution is 7.10. The van der Waals surface area contributed by atoms with E-state index in [4.69, 9.17) is 0 Å². The molecule has 114 valence electrons. The summed E-state index contributed by atoms with van der Waals surface area (Å²) in [4.78, 5) is 13.4. The summed E-state index contributed by atoms with van der Waals surface area (Å²) in [6.07, 6.45) is -5.90. The first-order valence-electron chi connectivity index (χ1n) is 5.50. The van der Waals surface area contributed by atoms with Crippen LogP contribution in [0.3, 0.4) is 0 Å². The summed E-state index contributed by atoms with van der Waals surface area (Å²) in [5, 5.41) is 3.40. The Kier molecular flexibility index (Phi) is 5.09. The zero-order valence-corrected chi connectivity index (χ0v) is 11.5. The molecule has 0 radical (unpaired) electrons. The van der Waals surface area contributed by atoms with Crippen molar-refractivity contribution in [2.45, 2.75) is 18.1 Å². The molecule has 3 nitrogen and oxygen atoms in total. The molecule has 0 spiro atoms. The van der Waals surface area contributed by atoms with E-state index in [1.54, 1.807) is 41.8 Å². The second kappa shape index (κ2) is 6.04. The second-order valence-electron chi connectivity index (χ2n) is 4.28. The van der Waals surface area contributed by atoms with Crippen LogP contribution in [-0.4, -0.2) is 43.5 Å². The number of thiophene rings is 1. The molecule has 9 heteroatoms. The van der Waals surface area contributed by atoms with Crippen molar-refractivity contribution in [2.24, 2.45) is 0 Å². The molecule has 0 saturated heterocycles. The highest BCUT2D eigenvalue weighted by atomic mass is 32.1. The monoisotopic (exact) mass is 316 g/mol. The maximum absolute atomic E-state index is 12.8. The summed E-state index contributed by atoms with van der Waals surface area (Å²) in [6, 6.07) is 2.97. The average Bonchev–Trinajstić information content (AvgIpc) is 2.80. The van der Waals surface area contributed by atoms with Gasteiger partial charge in [-0.15, -0.1) is 11.3 Å². The molecular formula is C11H13F5N2OS. The third kappa shape index (κ3) is 3.66. The molecule has 0 bridgehead atoms. The van der Waals surface area contributed by atoms with Crippen molar-refractivity contribution in [2.75, 3.05) is 20.6 Å². The van der Waals surface area contributed by atoms with Gasteiger partial charge >= 0.3 is 12.1 Å². The molecule has 1 N–H and O–H groups in total. The molecule has 0 aromatic carbocycles. The first kappa shape index (κ1) is 16.8. The molecule has 20 heavy (non-hydrogen) atoms. The zero-order chi connectivity index (χ0) is 15.6. The maximum atomic E-state index is 12.8. The molecule has 1 unspecified atom stereocenters. The molecule has 0 fully saturated rings. The van der Waals surface area contributed by atoms with Crippen LogP contribution in [0, 0.1) is 0 Å². The predicted molar refractivity (Wildman–Crippen MR) is 64.8 cm³/mol. The molecule has 1 rings (SSSR count). The number of carbonyl (C=O) groups excluding carboxylic acids is 1. The Morgan fingerprint density at radius 2 is 1.95 bits per heavy atom. The lowest BCUT2D eigenvalue weighted by atomic mass is 10.2. The van der Waals surface area contributed by atoms with E-state index >= 15 is 0 Å². The van der Waals surface area contributed by atoms with Gasteiger partial charge in [0.25, 0.3) is 5.91 Å². The van der Waals surface area contributed by atoms with E-state index in [-0.39, 0.29) is 6.54 Å². The van der Waals surface area contributed by atoms with Gasteiger partial charge in [0.15, 0.2) is 0 Å². The van der Waals surface area contributed by atoms with Crippen molar-refractivity contribution in [1.82, 2.24) is 10.2 Å². The van der Waals surface area contributed by atoms with E-state index in [9.17, 15) is 26.7 Å². The molecular weight excluding hydrogens is 303 g/mol. The lowest BCUT2D eigenvalue weighted by Gasteiger charge is -2.25. The second-order valence-corrected chi connectivity index (χ2v) is 5.26. The third-order valence-electron chi connectivity index (χ3n) is 2.59. The summed E-state index contributed by atoms with van der Waals surface area (Å²) >= 11 is 1.32. The van der Waals surface area contributed by atoms with Crippen molar-refractivity contribution in [1.29, 1.82) is 0 Å². The molecule has 1 atom stereocenters. The van der Waals surface area contributed by atoms with Gasteiger partial charge in [0.05, 0.1) is 6.04 Å². The summed E-state index contributed by atoms with van der Waals surface area (Å²) in [5.74, 6) is -7.73. The van der Waals surface area contributed by atoms with Gasteiger partial charge in [0.1, 0.15) is 0 Å². The molecule has 0 saturated carbocycles. The smallest absolute Gasteiger partial charge is 0.349 e. The van der Waals surface area contributed by atoms with Gasteiger partial charge in [-0.2, -0.15) is 22.0 Å². The van der Waals surface area contributed by atoms with Gasteiger partial charge in [0.2, 0.25) is 0 Å². The molecule has 1 amide bonds. The Morgan fingerprint density at radius 3 is 2.35 bits per heavy atom. The number of hydrogen-bond donors (Lipinski definition) is 1. The normalized spacial score (nSPS) is 14.4. The fraction of sp³-hybridized carbons (Fsp3) is 0.545. The van der Waals surface area contributed by atoms with Crippen LogP contribution in [-0.2, 0) is 4.79 Å². The first-order valence-corrected chi connectivity index (χ1v) is 6.38. The van der Waals surface area contributed by atoms with E-state index < -0.39 is 24.0 Å². The van der Waals surface area contributed by atoms with Gasteiger partial charge in [0, 0.05) is 11.4 Å². The van der Waals surface area contributed by atoms with Crippen LogP contribution >= 0.6 is 11.3 Å². The van der Waals surface area contributed by atoms with Crippen molar-refractivity contribution in [3.63, 3.8) is 0 Å². The van der Waals surface area contributed by atoms with Crippen LogP contribution in [0.5, 0.6) is 0 Å². The Hall–Kier alpha value is -1.22. The van der Waals surface area contributed by atoms with Crippen molar-refractivity contribution >= 4 is 17.2 Å². The minimum atomic E-state index is -5.90. The molecule has 1 aromatic rings. The van der Waals surface area contributed by atoms with Gasteiger partial charge in [-0.25, -0.2) is 0 Å². The third-order valence-corrected chi connectivity index (χ3v) is 3.57. The molecule has 0 aliphatic carbocycles. The van der Waals surface area contributed by atoms with Gasteiger partial charge in [-0.3, -0.25) is 4.79 Å². The number of alkyl halides is 5.